The average molecular weight is 341 g/mol. The van der Waals surface area contributed by atoms with E-state index in [1.807, 2.05) is 11.3 Å². The number of hydrogen-bond acceptors (Lipinski definition) is 1. The molecule has 0 aliphatic heterocycles. The van der Waals surface area contributed by atoms with Gasteiger partial charge in [0.1, 0.15) is 0 Å². The number of thiophene rings is 1. The van der Waals surface area contributed by atoms with E-state index in [1.165, 1.54) is 44.5 Å². The summed E-state index contributed by atoms with van der Waals surface area (Å²) < 4.78 is 2.55. The van der Waals surface area contributed by atoms with Crippen molar-refractivity contribution in [2.24, 2.45) is 0 Å². The van der Waals surface area contributed by atoms with Crippen molar-refractivity contribution < 1.29 is 0 Å². The number of halogens is 1. The first-order valence-corrected chi connectivity index (χ1v) is 8.41. The molecule has 98 valence electrons. The van der Waals surface area contributed by atoms with Gasteiger partial charge in [-0.15, -0.1) is 11.3 Å². The van der Waals surface area contributed by atoms with E-state index in [2.05, 4.69) is 70.5 Å². The second-order valence-electron chi connectivity index (χ2n) is 5.07. The molecule has 2 heteroatoms. The van der Waals surface area contributed by atoms with Crippen LogP contribution >= 0.6 is 27.3 Å². The molecule has 0 saturated carbocycles. The molecule has 0 fully saturated rings. The highest BCUT2D eigenvalue weighted by molar-refractivity contribution is 9.10. The summed E-state index contributed by atoms with van der Waals surface area (Å²) in [5.74, 6) is 0. The molecule has 0 radical (unpaired) electrons. The Morgan fingerprint density at radius 2 is 1.85 bits per heavy atom. The van der Waals surface area contributed by atoms with Gasteiger partial charge in [-0.25, -0.2) is 0 Å². The fourth-order valence-electron chi connectivity index (χ4n) is 2.83. The van der Waals surface area contributed by atoms with Gasteiger partial charge in [-0.05, 0) is 41.7 Å². The predicted molar refractivity (Wildman–Crippen MR) is 92.3 cm³/mol. The minimum Gasteiger partial charge on any atom is -0.139 e. The molecule has 20 heavy (non-hydrogen) atoms. The van der Waals surface area contributed by atoms with E-state index in [0.717, 1.165) is 4.47 Å². The van der Waals surface area contributed by atoms with E-state index in [0.29, 0.717) is 0 Å². The molecule has 0 atom stereocenters. The largest absolute Gasteiger partial charge is 0.139 e. The molecule has 0 spiro atoms. The van der Waals surface area contributed by atoms with E-state index in [4.69, 9.17) is 0 Å². The smallest absolute Gasteiger partial charge is 0.0430 e. The SMILES string of the molecule is Brc1ccc(-c2cccc3c4c(sc23)CCC=C4)cc1. The zero-order chi connectivity index (χ0) is 13.5. The Hall–Kier alpha value is -1.38. The van der Waals surface area contributed by atoms with Crippen LogP contribution in [-0.4, -0.2) is 0 Å². The lowest BCUT2D eigenvalue weighted by Gasteiger charge is -2.04. The van der Waals surface area contributed by atoms with Crippen molar-refractivity contribution in [2.45, 2.75) is 12.8 Å². The molecular weight excluding hydrogens is 328 g/mol. The predicted octanol–water partition coefficient (Wildman–Crippen LogP) is 6.29. The van der Waals surface area contributed by atoms with Gasteiger partial charge in [-0.1, -0.05) is 58.4 Å². The van der Waals surface area contributed by atoms with Gasteiger partial charge in [-0.2, -0.15) is 0 Å². The second kappa shape index (κ2) is 4.87. The third-order valence-electron chi connectivity index (χ3n) is 3.81. The molecule has 1 aromatic heterocycles. The summed E-state index contributed by atoms with van der Waals surface area (Å²) in [6, 6.07) is 15.3. The van der Waals surface area contributed by atoms with E-state index in [1.54, 1.807) is 0 Å². The lowest BCUT2D eigenvalue weighted by molar-refractivity contribution is 1.02. The monoisotopic (exact) mass is 340 g/mol. The maximum atomic E-state index is 3.51. The summed E-state index contributed by atoms with van der Waals surface area (Å²) in [5.41, 5.74) is 4.08. The third-order valence-corrected chi connectivity index (χ3v) is 5.65. The molecule has 0 nitrogen and oxygen atoms in total. The molecule has 0 bridgehead atoms. The van der Waals surface area contributed by atoms with E-state index in [9.17, 15) is 0 Å². The first-order chi connectivity index (χ1) is 9.83. The topological polar surface area (TPSA) is 0 Å². The first-order valence-electron chi connectivity index (χ1n) is 6.80. The standard InChI is InChI=1S/C18H13BrS/c19-13-10-8-12(9-11-13)14-5-3-6-16-15-4-1-2-7-17(15)20-18(14)16/h1,3-6,8-11H,2,7H2. The summed E-state index contributed by atoms with van der Waals surface area (Å²) in [4.78, 5) is 1.53. The molecule has 1 aliphatic rings. The minimum atomic E-state index is 1.13. The maximum Gasteiger partial charge on any atom is 0.0430 e. The highest BCUT2D eigenvalue weighted by Crippen LogP contribution is 2.40. The van der Waals surface area contributed by atoms with Gasteiger partial charge in [0.2, 0.25) is 0 Å². The minimum absolute atomic E-state index is 1.13. The Kier molecular flexibility index (Phi) is 3.01. The van der Waals surface area contributed by atoms with Gasteiger partial charge in [0, 0.05) is 19.4 Å². The number of benzene rings is 2. The Balaban J connectivity index is 1.99. The first kappa shape index (κ1) is 12.4. The molecule has 1 heterocycles. The summed E-state index contributed by atoms with van der Waals surface area (Å²) in [6.07, 6.45) is 6.95. The highest BCUT2D eigenvalue weighted by atomic mass is 79.9. The molecule has 2 aromatic carbocycles. The van der Waals surface area contributed by atoms with Gasteiger partial charge >= 0.3 is 0 Å². The fourth-order valence-corrected chi connectivity index (χ4v) is 4.43. The van der Waals surface area contributed by atoms with Crippen LogP contribution in [0.15, 0.2) is 53.0 Å². The Bertz CT molecular complexity index is 809. The molecule has 4 rings (SSSR count). The average Bonchev–Trinajstić information content (AvgIpc) is 2.87. The number of rotatable bonds is 1. The van der Waals surface area contributed by atoms with E-state index in [-0.39, 0.29) is 0 Å². The van der Waals surface area contributed by atoms with E-state index >= 15 is 0 Å². The molecule has 0 N–H and O–H groups in total. The lowest BCUT2D eigenvalue weighted by Crippen LogP contribution is -1.86. The van der Waals surface area contributed by atoms with Crippen LogP contribution in [0, 0.1) is 0 Å². The Labute approximate surface area is 130 Å². The van der Waals surface area contributed by atoms with Crippen LogP contribution in [0.3, 0.4) is 0 Å². The number of aryl methyl sites for hydroxylation is 1. The number of fused-ring (bicyclic) bond motifs is 3. The highest BCUT2D eigenvalue weighted by Gasteiger charge is 2.15. The third kappa shape index (κ3) is 1.95. The number of hydrogen-bond donors (Lipinski definition) is 0. The summed E-state index contributed by atoms with van der Waals surface area (Å²) in [5, 5.41) is 1.40. The van der Waals surface area contributed by atoms with Gasteiger partial charge in [0.25, 0.3) is 0 Å². The Morgan fingerprint density at radius 3 is 2.70 bits per heavy atom. The molecule has 0 saturated heterocycles. The zero-order valence-electron chi connectivity index (χ0n) is 10.9. The van der Waals surface area contributed by atoms with Gasteiger partial charge in [0.05, 0.1) is 0 Å². The van der Waals surface area contributed by atoms with Gasteiger partial charge in [0.15, 0.2) is 0 Å². The maximum absolute atomic E-state index is 3.51. The van der Waals surface area contributed by atoms with Crippen molar-refractivity contribution >= 4 is 43.4 Å². The van der Waals surface area contributed by atoms with E-state index < -0.39 is 0 Å². The zero-order valence-corrected chi connectivity index (χ0v) is 13.3. The molecule has 0 unspecified atom stereocenters. The summed E-state index contributed by atoms with van der Waals surface area (Å²) in [7, 11) is 0. The lowest BCUT2D eigenvalue weighted by atomic mass is 9.99. The molecule has 3 aromatic rings. The van der Waals surface area contributed by atoms with Crippen molar-refractivity contribution in [1.82, 2.24) is 0 Å². The summed E-state index contributed by atoms with van der Waals surface area (Å²) in [6.45, 7) is 0. The van der Waals surface area contributed by atoms with Crippen molar-refractivity contribution in [2.75, 3.05) is 0 Å². The molecular formula is C18H13BrS. The normalized spacial score (nSPS) is 13.7. The van der Waals surface area contributed by atoms with Crippen LogP contribution in [0.5, 0.6) is 0 Å². The van der Waals surface area contributed by atoms with Gasteiger partial charge in [-0.3, -0.25) is 0 Å². The van der Waals surface area contributed by atoms with Crippen molar-refractivity contribution in [3.63, 3.8) is 0 Å². The quantitative estimate of drug-likeness (QED) is 0.488. The number of allylic oxidation sites excluding steroid dienone is 1. The Morgan fingerprint density at radius 1 is 1.00 bits per heavy atom. The van der Waals surface area contributed by atoms with Crippen molar-refractivity contribution in [3.8, 4) is 11.1 Å². The van der Waals surface area contributed by atoms with Crippen LogP contribution in [-0.2, 0) is 6.42 Å². The summed E-state index contributed by atoms with van der Waals surface area (Å²) >= 11 is 5.47. The van der Waals surface area contributed by atoms with Crippen molar-refractivity contribution in [1.29, 1.82) is 0 Å². The van der Waals surface area contributed by atoms with Crippen LogP contribution in [0.4, 0.5) is 0 Å². The van der Waals surface area contributed by atoms with Crippen LogP contribution < -0.4 is 0 Å². The second-order valence-corrected chi connectivity index (χ2v) is 7.09. The van der Waals surface area contributed by atoms with Crippen LogP contribution in [0.1, 0.15) is 16.9 Å². The van der Waals surface area contributed by atoms with Crippen LogP contribution in [0.2, 0.25) is 0 Å². The molecule has 0 amide bonds. The molecule has 1 aliphatic carbocycles. The fraction of sp³-hybridized carbons (Fsp3) is 0.111. The van der Waals surface area contributed by atoms with Gasteiger partial charge < -0.3 is 0 Å². The van der Waals surface area contributed by atoms with Crippen LogP contribution in [0.25, 0.3) is 27.3 Å². The van der Waals surface area contributed by atoms with Crippen molar-refractivity contribution in [3.05, 3.63) is 63.5 Å².